The minimum absolute atomic E-state index is 0.0869. The van der Waals surface area contributed by atoms with Crippen LogP contribution in [0.15, 0.2) is 40.8 Å². The van der Waals surface area contributed by atoms with Crippen LogP contribution in [-0.2, 0) is 4.74 Å². The molecule has 0 spiro atoms. The van der Waals surface area contributed by atoms with Gasteiger partial charge in [0.25, 0.3) is 5.91 Å². The number of anilines is 1. The summed E-state index contributed by atoms with van der Waals surface area (Å²) >= 11 is 1.30. The predicted molar refractivity (Wildman–Crippen MR) is 97.2 cm³/mol. The summed E-state index contributed by atoms with van der Waals surface area (Å²) in [6.07, 6.45) is 0. The molecule has 1 amide bonds. The first-order chi connectivity index (χ1) is 12.4. The van der Waals surface area contributed by atoms with E-state index in [9.17, 15) is 14.0 Å². The van der Waals surface area contributed by atoms with Crippen molar-refractivity contribution in [3.63, 3.8) is 0 Å². The van der Waals surface area contributed by atoms with Gasteiger partial charge in [-0.15, -0.1) is 11.3 Å². The van der Waals surface area contributed by atoms with E-state index in [-0.39, 0.29) is 11.6 Å². The molecular formula is C19H16FNO4S. The third-order valence-electron chi connectivity index (χ3n) is 3.96. The molecule has 2 heterocycles. The van der Waals surface area contributed by atoms with Crippen molar-refractivity contribution in [1.29, 1.82) is 0 Å². The van der Waals surface area contributed by atoms with Gasteiger partial charge in [-0.3, -0.25) is 4.79 Å². The number of methoxy groups -OCH3 is 1. The van der Waals surface area contributed by atoms with Crippen LogP contribution in [0.4, 0.5) is 9.39 Å². The van der Waals surface area contributed by atoms with E-state index in [1.807, 2.05) is 6.92 Å². The van der Waals surface area contributed by atoms with Crippen molar-refractivity contribution < 1.29 is 23.1 Å². The molecule has 0 bridgehead atoms. The summed E-state index contributed by atoms with van der Waals surface area (Å²) in [4.78, 5) is 25.4. The molecule has 7 heteroatoms. The molecule has 1 N–H and O–H groups in total. The number of thiophene rings is 1. The lowest BCUT2D eigenvalue weighted by atomic mass is 10.1. The van der Waals surface area contributed by atoms with Gasteiger partial charge >= 0.3 is 5.97 Å². The second kappa shape index (κ2) is 7.13. The lowest BCUT2D eigenvalue weighted by Gasteiger charge is -2.04. The highest BCUT2D eigenvalue weighted by Gasteiger charge is 2.23. The molecular weight excluding hydrogens is 357 g/mol. The van der Waals surface area contributed by atoms with Gasteiger partial charge in [-0.1, -0.05) is 0 Å². The summed E-state index contributed by atoms with van der Waals surface area (Å²) in [5.41, 5.74) is 1.76. The topological polar surface area (TPSA) is 68.5 Å². The number of hydrogen-bond donors (Lipinski definition) is 1. The summed E-state index contributed by atoms with van der Waals surface area (Å²) in [7, 11) is 1.29. The normalized spacial score (nSPS) is 10.6. The maximum atomic E-state index is 13.0. The number of hydrogen-bond acceptors (Lipinski definition) is 5. The van der Waals surface area contributed by atoms with Crippen molar-refractivity contribution in [3.8, 4) is 11.3 Å². The van der Waals surface area contributed by atoms with Crippen LogP contribution in [0.1, 0.15) is 31.4 Å². The molecule has 0 fully saturated rings. The molecule has 26 heavy (non-hydrogen) atoms. The van der Waals surface area contributed by atoms with Crippen molar-refractivity contribution in [3.05, 3.63) is 64.0 Å². The molecule has 0 atom stereocenters. The number of carbonyl (C=O) groups is 2. The number of carbonyl (C=O) groups excluding carboxylic acids is 2. The summed E-state index contributed by atoms with van der Waals surface area (Å²) in [6, 6.07) is 8.93. The van der Waals surface area contributed by atoms with Gasteiger partial charge in [0.05, 0.1) is 12.7 Å². The summed E-state index contributed by atoms with van der Waals surface area (Å²) in [6.45, 7) is 3.66. The van der Waals surface area contributed by atoms with E-state index in [4.69, 9.17) is 9.15 Å². The van der Waals surface area contributed by atoms with Crippen LogP contribution >= 0.6 is 11.3 Å². The highest BCUT2D eigenvalue weighted by atomic mass is 32.1. The van der Waals surface area contributed by atoms with Gasteiger partial charge in [-0.2, -0.15) is 0 Å². The first-order valence-electron chi connectivity index (χ1n) is 7.76. The van der Waals surface area contributed by atoms with Crippen LogP contribution in [0.3, 0.4) is 0 Å². The first kappa shape index (κ1) is 17.9. The minimum Gasteiger partial charge on any atom is -0.465 e. The third kappa shape index (κ3) is 3.39. The van der Waals surface area contributed by atoms with E-state index in [0.717, 1.165) is 10.4 Å². The molecule has 134 valence electrons. The van der Waals surface area contributed by atoms with Crippen LogP contribution in [0.2, 0.25) is 0 Å². The maximum Gasteiger partial charge on any atom is 0.341 e. The fourth-order valence-corrected chi connectivity index (χ4v) is 3.50. The highest BCUT2D eigenvalue weighted by molar-refractivity contribution is 7.16. The van der Waals surface area contributed by atoms with Crippen molar-refractivity contribution in [2.24, 2.45) is 0 Å². The van der Waals surface area contributed by atoms with Crippen molar-refractivity contribution in [1.82, 2.24) is 0 Å². The molecule has 0 radical (unpaired) electrons. The minimum atomic E-state index is -0.506. The molecule has 3 aromatic rings. The van der Waals surface area contributed by atoms with E-state index in [0.29, 0.717) is 21.9 Å². The first-order valence-corrected chi connectivity index (χ1v) is 8.57. The molecule has 0 aliphatic rings. The fraction of sp³-hybridized carbons (Fsp3) is 0.158. The number of furan rings is 1. The molecule has 0 aliphatic heterocycles. The Labute approximate surface area is 153 Å². The van der Waals surface area contributed by atoms with Gasteiger partial charge < -0.3 is 14.5 Å². The van der Waals surface area contributed by atoms with Crippen LogP contribution in [0.25, 0.3) is 11.3 Å². The van der Waals surface area contributed by atoms with Crippen LogP contribution in [-0.4, -0.2) is 19.0 Å². The number of amides is 1. The molecule has 2 aromatic heterocycles. The zero-order valence-electron chi connectivity index (χ0n) is 14.4. The molecule has 0 saturated heterocycles. The Morgan fingerprint density at radius 3 is 2.46 bits per heavy atom. The predicted octanol–water partition coefficient (Wildman–Crippen LogP) is 4.80. The van der Waals surface area contributed by atoms with E-state index >= 15 is 0 Å². The molecule has 3 rings (SSSR count). The Kier molecular flexibility index (Phi) is 4.90. The van der Waals surface area contributed by atoms with Crippen molar-refractivity contribution >= 4 is 28.2 Å². The summed E-state index contributed by atoms with van der Waals surface area (Å²) in [5.74, 6) is -0.805. The molecule has 0 aliphatic carbocycles. The number of esters is 1. The number of benzene rings is 1. The maximum absolute atomic E-state index is 13.0. The number of ether oxygens (including phenoxy) is 1. The largest absolute Gasteiger partial charge is 0.465 e. The van der Waals surface area contributed by atoms with Crippen LogP contribution in [0, 0.1) is 19.7 Å². The second-order valence-electron chi connectivity index (χ2n) is 5.60. The van der Waals surface area contributed by atoms with Gasteiger partial charge in [0.2, 0.25) is 0 Å². The average molecular weight is 373 g/mol. The van der Waals surface area contributed by atoms with Gasteiger partial charge in [0, 0.05) is 10.4 Å². The summed E-state index contributed by atoms with van der Waals surface area (Å²) in [5, 5.41) is 3.12. The lowest BCUT2D eigenvalue weighted by Crippen LogP contribution is -2.13. The van der Waals surface area contributed by atoms with Gasteiger partial charge in [-0.05, 0) is 55.8 Å². The van der Waals surface area contributed by atoms with Crippen LogP contribution in [0.5, 0.6) is 0 Å². The van der Waals surface area contributed by atoms with E-state index < -0.39 is 11.9 Å². The standard InChI is InChI=1S/C19H16FNO4S/c1-10-11(2)26-18(16(10)19(23)24-3)21-17(22)15-9-8-14(25-15)12-4-6-13(20)7-5-12/h4-9H,1-3H3,(H,21,22). The Morgan fingerprint density at radius 1 is 1.12 bits per heavy atom. The fourth-order valence-electron chi connectivity index (χ4n) is 2.46. The highest BCUT2D eigenvalue weighted by Crippen LogP contribution is 2.33. The van der Waals surface area contributed by atoms with E-state index in [2.05, 4.69) is 5.32 Å². The van der Waals surface area contributed by atoms with Gasteiger partial charge in [0.1, 0.15) is 16.6 Å². The second-order valence-corrected chi connectivity index (χ2v) is 6.83. The SMILES string of the molecule is COC(=O)c1c(NC(=O)c2ccc(-c3ccc(F)cc3)o2)sc(C)c1C. The van der Waals surface area contributed by atoms with Crippen LogP contribution < -0.4 is 5.32 Å². The number of halogens is 1. The zero-order chi connectivity index (χ0) is 18.8. The van der Waals surface area contributed by atoms with Gasteiger partial charge in [0.15, 0.2) is 5.76 Å². The van der Waals surface area contributed by atoms with E-state index in [1.165, 1.54) is 36.6 Å². The molecule has 0 unspecified atom stereocenters. The quantitative estimate of drug-likeness (QED) is 0.667. The molecule has 5 nitrogen and oxygen atoms in total. The Balaban J connectivity index is 1.85. The smallest absolute Gasteiger partial charge is 0.341 e. The molecule has 0 saturated carbocycles. The number of nitrogens with one attached hydrogen (secondary N) is 1. The third-order valence-corrected chi connectivity index (χ3v) is 5.08. The summed E-state index contributed by atoms with van der Waals surface area (Å²) < 4.78 is 23.4. The van der Waals surface area contributed by atoms with E-state index in [1.54, 1.807) is 25.1 Å². The Hall–Kier alpha value is -2.93. The number of rotatable bonds is 4. The molecule has 1 aromatic carbocycles. The average Bonchev–Trinajstić information content (AvgIpc) is 3.21. The zero-order valence-corrected chi connectivity index (χ0v) is 15.2. The lowest BCUT2D eigenvalue weighted by molar-refractivity contribution is 0.0601. The monoisotopic (exact) mass is 373 g/mol. The van der Waals surface area contributed by atoms with Crippen molar-refractivity contribution in [2.45, 2.75) is 13.8 Å². The number of aryl methyl sites for hydroxylation is 1. The van der Waals surface area contributed by atoms with Gasteiger partial charge in [-0.25, -0.2) is 9.18 Å². The Bertz CT molecular complexity index is 972. The Morgan fingerprint density at radius 2 is 1.81 bits per heavy atom. The van der Waals surface area contributed by atoms with Crippen molar-refractivity contribution in [2.75, 3.05) is 12.4 Å².